The first-order valence-corrected chi connectivity index (χ1v) is 11.8. The molecule has 0 unspecified atom stereocenters. The molecular formula is C24H34N4O2. The van der Waals surface area contributed by atoms with Gasteiger partial charge in [0.25, 0.3) is 5.91 Å². The minimum absolute atomic E-state index is 0.175. The molecule has 5 rings (SSSR count). The summed E-state index contributed by atoms with van der Waals surface area (Å²) in [7, 11) is 0. The Morgan fingerprint density at radius 3 is 2.30 bits per heavy atom. The summed E-state index contributed by atoms with van der Waals surface area (Å²) in [5, 5.41) is 0. The van der Waals surface area contributed by atoms with Crippen molar-refractivity contribution in [3.63, 3.8) is 0 Å². The zero-order chi connectivity index (χ0) is 20.5. The third kappa shape index (κ3) is 4.12. The topological polar surface area (TPSA) is 47.1 Å². The molecule has 0 spiro atoms. The lowest BCUT2D eigenvalue weighted by Crippen LogP contribution is -2.55. The van der Waals surface area contributed by atoms with Gasteiger partial charge >= 0.3 is 0 Å². The lowest BCUT2D eigenvalue weighted by Gasteiger charge is -2.43. The van der Waals surface area contributed by atoms with E-state index in [1.807, 2.05) is 11.0 Å². The summed E-state index contributed by atoms with van der Waals surface area (Å²) in [6.45, 7) is 7.81. The molecule has 2 amide bonds. The summed E-state index contributed by atoms with van der Waals surface area (Å²) in [5.41, 5.74) is 3.36. The fraction of sp³-hybridized carbons (Fsp3) is 0.667. The zero-order valence-electron chi connectivity index (χ0n) is 18.0. The highest BCUT2D eigenvalue weighted by molar-refractivity contribution is 5.94. The number of likely N-dealkylation sites (tertiary alicyclic amines) is 1. The number of rotatable bonds is 4. The average molecular weight is 411 g/mol. The van der Waals surface area contributed by atoms with Crippen molar-refractivity contribution in [2.45, 2.75) is 51.1 Å². The predicted octanol–water partition coefficient (Wildman–Crippen LogP) is 1.98. The molecule has 3 fully saturated rings. The number of carbonyl (C=O) groups is 2. The lowest BCUT2D eigenvalue weighted by atomic mass is 9.91. The third-order valence-corrected chi connectivity index (χ3v) is 7.55. The highest BCUT2D eigenvalue weighted by Crippen LogP contribution is 2.26. The van der Waals surface area contributed by atoms with Gasteiger partial charge in [-0.05, 0) is 55.4 Å². The highest BCUT2D eigenvalue weighted by Gasteiger charge is 2.30. The van der Waals surface area contributed by atoms with Gasteiger partial charge in [-0.3, -0.25) is 19.4 Å². The van der Waals surface area contributed by atoms with E-state index >= 15 is 0 Å². The van der Waals surface area contributed by atoms with Crippen LogP contribution in [0, 0.1) is 0 Å². The normalized spacial score (nSPS) is 23.3. The number of benzene rings is 1. The summed E-state index contributed by atoms with van der Waals surface area (Å²) in [4.78, 5) is 34.4. The number of carbonyl (C=O) groups excluding carboxylic acids is 2. The van der Waals surface area contributed by atoms with E-state index in [0.717, 1.165) is 83.2 Å². The van der Waals surface area contributed by atoms with Crippen molar-refractivity contribution < 1.29 is 9.59 Å². The first-order valence-electron chi connectivity index (χ1n) is 11.8. The number of fused-ring (bicyclic) bond motifs is 1. The average Bonchev–Trinajstić information content (AvgIpc) is 3.27. The molecule has 0 atom stereocenters. The SMILES string of the molecule is O=C(CN1CCc2cc(C(=O)N3CCCC3)ccc2C1)N1CCN(C2CCC2)CC1. The fourth-order valence-electron chi connectivity index (χ4n) is 5.36. The number of hydrogen-bond acceptors (Lipinski definition) is 4. The molecule has 0 radical (unpaired) electrons. The van der Waals surface area contributed by atoms with Crippen LogP contribution in [0.4, 0.5) is 0 Å². The summed E-state index contributed by atoms with van der Waals surface area (Å²) in [5.74, 6) is 0.446. The van der Waals surface area contributed by atoms with Gasteiger partial charge in [-0.15, -0.1) is 0 Å². The molecular weight excluding hydrogens is 376 g/mol. The molecule has 0 N–H and O–H groups in total. The predicted molar refractivity (Wildman–Crippen MR) is 116 cm³/mol. The van der Waals surface area contributed by atoms with E-state index in [1.54, 1.807) is 0 Å². The van der Waals surface area contributed by atoms with Crippen molar-refractivity contribution >= 4 is 11.8 Å². The minimum atomic E-state index is 0.175. The molecule has 1 aromatic carbocycles. The minimum Gasteiger partial charge on any atom is -0.339 e. The van der Waals surface area contributed by atoms with Crippen molar-refractivity contribution in [3.05, 3.63) is 34.9 Å². The van der Waals surface area contributed by atoms with E-state index in [4.69, 9.17) is 0 Å². The molecule has 4 aliphatic rings. The van der Waals surface area contributed by atoms with E-state index in [2.05, 4.69) is 26.8 Å². The third-order valence-electron chi connectivity index (χ3n) is 7.55. The van der Waals surface area contributed by atoms with Gasteiger partial charge in [0.05, 0.1) is 6.54 Å². The van der Waals surface area contributed by atoms with Crippen LogP contribution in [0.1, 0.15) is 53.6 Å². The Bertz CT molecular complexity index is 792. The summed E-state index contributed by atoms with van der Waals surface area (Å²) >= 11 is 0. The number of nitrogens with zero attached hydrogens (tertiary/aromatic N) is 4. The molecule has 1 aliphatic carbocycles. The lowest BCUT2D eigenvalue weighted by molar-refractivity contribution is -0.135. The number of amides is 2. The molecule has 1 saturated carbocycles. The molecule has 3 aliphatic heterocycles. The van der Waals surface area contributed by atoms with Crippen LogP contribution in [0.15, 0.2) is 18.2 Å². The first kappa shape index (κ1) is 20.0. The first-order chi connectivity index (χ1) is 14.7. The molecule has 30 heavy (non-hydrogen) atoms. The Hall–Kier alpha value is -1.92. The summed E-state index contributed by atoms with van der Waals surface area (Å²) < 4.78 is 0. The van der Waals surface area contributed by atoms with Crippen molar-refractivity contribution in [1.82, 2.24) is 19.6 Å². The maximum atomic E-state index is 12.8. The Balaban J connectivity index is 1.14. The van der Waals surface area contributed by atoms with E-state index < -0.39 is 0 Å². The molecule has 6 nitrogen and oxygen atoms in total. The maximum Gasteiger partial charge on any atom is 0.253 e. The fourth-order valence-corrected chi connectivity index (χ4v) is 5.36. The zero-order valence-corrected chi connectivity index (χ0v) is 18.0. The van der Waals surface area contributed by atoms with Gasteiger partial charge in [0, 0.05) is 64.0 Å². The Labute approximate surface area is 179 Å². The molecule has 3 heterocycles. The van der Waals surface area contributed by atoms with E-state index in [0.29, 0.717) is 6.54 Å². The summed E-state index contributed by atoms with van der Waals surface area (Å²) in [6, 6.07) is 6.95. The maximum absolute atomic E-state index is 12.8. The van der Waals surface area contributed by atoms with Gasteiger partial charge < -0.3 is 9.80 Å². The van der Waals surface area contributed by atoms with Crippen LogP contribution in [0.2, 0.25) is 0 Å². The van der Waals surface area contributed by atoms with Gasteiger partial charge in [-0.1, -0.05) is 12.5 Å². The second kappa shape index (κ2) is 8.67. The van der Waals surface area contributed by atoms with Gasteiger partial charge in [0.15, 0.2) is 0 Å². The van der Waals surface area contributed by atoms with Crippen LogP contribution < -0.4 is 0 Å². The monoisotopic (exact) mass is 410 g/mol. The highest BCUT2D eigenvalue weighted by atomic mass is 16.2. The van der Waals surface area contributed by atoms with Crippen molar-refractivity contribution in [1.29, 1.82) is 0 Å². The molecule has 0 bridgehead atoms. The van der Waals surface area contributed by atoms with E-state index in [-0.39, 0.29) is 11.8 Å². The second-order valence-corrected chi connectivity index (χ2v) is 9.44. The standard InChI is InChI=1S/C24H34N4O2/c29-23(27-14-12-26(13-15-27)22-4-3-5-22)18-25-11-8-19-16-20(6-7-21(19)17-25)24(30)28-9-1-2-10-28/h6-7,16,22H,1-5,8-15,17-18H2. The number of piperazine rings is 1. The Morgan fingerprint density at radius 2 is 1.60 bits per heavy atom. The quantitative estimate of drug-likeness (QED) is 0.762. The van der Waals surface area contributed by atoms with Gasteiger partial charge in [-0.25, -0.2) is 0 Å². The second-order valence-electron chi connectivity index (χ2n) is 9.44. The summed E-state index contributed by atoms with van der Waals surface area (Å²) in [6.07, 6.45) is 7.21. The van der Waals surface area contributed by atoms with Crippen molar-refractivity contribution in [3.8, 4) is 0 Å². The van der Waals surface area contributed by atoms with Crippen molar-refractivity contribution in [2.75, 3.05) is 52.4 Å². The van der Waals surface area contributed by atoms with Gasteiger partial charge in [0.2, 0.25) is 5.91 Å². The van der Waals surface area contributed by atoms with Crippen LogP contribution in [0.3, 0.4) is 0 Å². The van der Waals surface area contributed by atoms with Gasteiger partial charge in [0.1, 0.15) is 0 Å². The van der Waals surface area contributed by atoms with E-state index in [1.165, 1.54) is 30.4 Å². The molecule has 1 aromatic rings. The van der Waals surface area contributed by atoms with Crippen LogP contribution in [0.5, 0.6) is 0 Å². The Morgan fingerprint density at radius 1 is 0.833 bits per heavy atom. The molecule has 162 valence electrons. The number of hydrogen-bond donors (Lipinski definition) is 0. The van der Waals surface area contributed by atoms with E-state index in [9.17, 15) is 9.59 Å². The molecule has 2 saturated heterocycles. The van der Waals surface area contributed by atoms with Crippen LogP contribution >= 0.6 is 0 Å². The molecule has 0 aromatic heterocycles. The smallest absolute Gasteiger partial charge is 0.253 e. The molecule has 6 heteroatoms. The van der Waals surface area contributed by atoms with Crippen LogP contribution in [-0.4, -0.2) is 89.8 Å². The van der Waals surface area contributed by atoms with Gasteiger partial charge in [-0.2, -0.15) is 0 Å². The largest absolute Gasteiger partial charge is 0.339 e. The van der Waals surface area contributed by atoms with Crippen LogP contribution in [-0.2, 0) is 17.8 Å². The van der Waals surface area contributed by atoms with Crippen molar-refractivity contribution in [2.24, 2.45) is 0 Å². The Kier molecular flexibility index (Phi) is 5.79. The van der Waals surface area contributed by atoms with Crippen LogP contribution in [0.25, 0.3) is 0 Å².